The van der Waals surface area contributed by atoms with E-state index in [-0.39, 0.29) is 19.2 Å². The predicted octanol–water partition coefficient (Wildman–Crippen LogP) is 2.90. The van der Waals surface area contributed by atoms with Crippen LogP contribution in [-0.2, 0) is 18.9 Å². The van der Waals surface area contributed by atoms with Crippen LogP contribution in [0, 0.1) is 0 Å². The Morgan fingerprint density at radius 3 is 2.19 bits per heavy atom. The van der Waals surface area contributed by atoms with Gasteiger partial charge in [0.1, 0.15) is 0 Å². The number of rotatable bonds is 5. The van der Waals surface area contributed by atoms with Gasteiger partial charge in [-0.2, -0.15) is 31.4 Å². The monoisotopic (exact) mass is 445 g/mol. The first-order valence-corrected chi connectivity index (χ1v) is 8.61. The van der Waals surface area contributed by atoms with Crippen LogP contribution in [-0.4, -0.2) is 32.0 Å². The molecule has 1 aromatic carbocycles. The van der Waals surface area contributed by atoms with Gasteiger partial charge in [-0.25, -0.2) is 9.36 Å². The van der Waals surface area contributed by atoms with Crippen molar-refractivity contribution in [2.45, 2.75) is 18.9 Å². The summed E-state index contributed by atoms with van der Waals surface area (Å²) in [6, 6.07) is 4.82. The molecule has 7 nitrogen and oxygen atoms in total. The highest BCUT2D eigenvalue weighted by molar-refractivity contribution is 5.94. The third-order valence-corrected chi connectivity index (χ3v) is 4.05. The third kappa shape index (κ3) is 5.29. The van der Waals surface area contributed by atoms with Crippen molar-refractivity contribution in [1.29, 1.82) is 0 Å². The summed E-state index contributed by atoms with van der Waals surface area (Å²) in [7, 11) is 0. The average molecular weight is 445 g/mol. The maximum atomic E-state index is 12.9. The van der Waals surface area contributed by atoms with Crippen LogP contribution < -0.4 is 10.9 Å². The third-order valence-electron chi connectivity index (χ3n) is 4.05. The van der Waals surface area contributed by atoms with E-state index < -0.39 is 40.5 Å². The maximum absolute atomic E-state index is 12.9. The molecule has 0 atom stereocenters. The molecular weight excluding hydrogens is 432 g/mol. The number of amides is 1. The van der Waals surface area contributed by atoms with Gasteiger partial charge in [0.2, 0.25) is 0 Å². The van der Waals surface area contributed by atoms with E-state index in [9.17, 15) is 35.9 Å². The Bertz CT molecular complexity index is 1100. The highest BCUT2D eigenvalue weighted by atomic mass is 19.4. The zero-order valence-corrected chi connectivity index (χ0v) is 15.4. The number of halogens is 6. The van der Waals surface area contributed by atoms with Crippen LogP contribution in [0.5, 0.6) is 0 Å². The van der Waals surface area contributed by atoms with Crippen LogP contribution >= 0.6 is 0 Å². The molecule has 3 rings (SSSR count). The summed E-state index contributed by atoms with van der Waals surface area (Å²) in [5.74, 6) is -0.864. The molecule has 0 aliphatic carbocycles. The minimum atomic E-state index is -5.07. The molecule has 1 N–H and O–H groups in total. The summed E-state index contributed by atoms with van der Waals surface area (Å²) in [6.45, 7) is -0.448. The molecule has 1 amide bonds. The smallest absolute Gasteiger partial charge is 0.350 e. The lowest BCUT2D eigenvalue weighted by Gasteiger charge is -2.14. The van der Waals surface area contributed by atoms with Gasteiger partial charge >= 0.3 is 12.4 Å². The van der Waals surface area contributed by atoms with Gasteiger partial charge < -0.3 is 5.32 Å². The van der Waals surface area contributed by atoms with Crippen LogP contribution in [0.25, 0.3) is 5.82 Å². The molecule has 0 aliphatic heterocycles. The number of alkyl halides is 6. The van der Waals surface area contributed by atoms with Crippen molar-refractivity contribution >= 4 is 5.91 Å². The molecule has 0 aliphatic rings. The molecule has 0 fully saturated rings. The number of hydrogen-bond donors (Lipinski definition) is 1. The number of carbonyl (C=O) groups is 1. The fourth-order valence-corrected chi connectivity index (χ4v) is 2.59. The van der Waals surface area contributed by atoms with Gasteiger partial charge in [-0.05, 0) is 30.3 Å². The van der Waals surface area contributed by atoms with E-state index in [2.05, 4.69) is 15.5 Å². The zero-order chi connectivity index (χ0) is 22.8. The molecule has 3 aromatic rings. The van der Waals surface area contributed by atoms with Crippen molar-refractivity contribution in [2.24, 2.45) is 0 Å². The molecule has 31 heavy (non-hydrogen) atoms. The van der Waals surface area contributed by atoms with E-state index in [1.807, 2.05) is 0 Å². The molecular formula is C18H13F6N5O2. The van der Waals surface area contributed by atoms with Gasteiger partial charge in [0.15, 0.2) is 5.82 Å². The van der Waals surface area contributed by atoms with Crippen molar-refractivity contribution in [2.75, 3.05) is 6.54 Å². The van der Waals surface area contributed by atoms with Crippen LogP contribution in [0.15, 0.2) is 53.6 Å². The lowest BCUT2D eigenvalue weighted by atomic mass is 10.0. The van der Waals surface area contributed by atoms with Crippen LogP contribution in [0.1, 0.15) is 21.5 Å². The van der Waals surface area contributed by atoms with Crippen molar-refractivity contribution in [3.05, 3.63) is 75.8 Å². The largest absolute Gasteiger partial charge is 0.416 e. The van der Waals surface area contributed by atoms with E-state index in [1.165, 1.54) is 23.0 Å². The Morgan fingerprint density at radius 1 is 1.00 bits per heavy atom. The van der Waals surface area contributed by atoms with E-state index in [1.54, 1.807) is 12.3 Å². The average Bonchev–Trinajstić information content (AvgIpc) is 3.22. The normalized spacial score (nSPS) is 12.1. The van der Waals surface area contributed by atoms with Crippen LogP contribution in [0.4, 0.5) is 26.3 Å². The quantitative estimate of drug-likeness (QED) is 0.613. The van der Waals surface area contributed by atoms with Gasteiger partial charge in [-0.3, -0.25) is 9.59 Å². The van der Waals surface area contributed by atoms with Gasteiger partial charge in [0.05, 0.1) is 17.7 Å². The van der Waals surface area contributed by atoms with Crippen LogP contribution in [0.3, 0.4) is 0 Å². The molecule has 0 saturated heterocycles. The van der Waals surface area contributed by atoms with E-state index in [0.29, 0.717) is 18.0 Å². The lowest BCUT2D eigenvalue weighted by molar-refractivity contribution is -0.143. The standard InChI is InChI=1S/C18H13F6N5O2/c19-17(20,21)12-8-11(9-13(10-12)18(22,23)24)16(31)25-5-7-29-15(30)3-2-14(27-29)28-6-1-4-26-28/h1-4,6,8-10H,5,7H2,(H,25,31). The fourth-order valence-electron chi connectivity index (χ4n) is 2.59. The Balaban J connectivity index is 1.76. The number of hydrogen-bond acceptors (Lipinski definition) is 4. The number of benzene rings is 1. The van der Waals surface area contributed by atoms with E-state index in [0.717, 1.165) is 4.68 Å². The van der Waals surface area contributed by atoms with Crippen molar-refractivity contribution in [1.82, 2.24) is 24.9 Å². The first-order chi connectivity index (χ1) is 14.4. The molecule has 0 saturated carbocycles. The molecule has 0 radical (unpaired) electrons. The zero-order valence-electron chi connectivity index (χ0n) is 15.4. The Labute approximate surface area is 169 Å². The highest BCUT2D eigenvalue weighted by Crippen LogP contribution is 2.36. The van der Waals surface area contributed by atoms with Crippen molar-refractivity contribution < 1.29 is 31.1 Å². The summed E-state index contributed by atoms with van der Waals surface area (Å²) < 4.78 is 79.9. The molecule has 2 aromatic heterocycles. The Hall–Kier alpha value is -3.64. The van der Waals surface area contributed by atoms with Gasteiger partial charge in [0, 0.05) is 30.6 Å². The molecule has 0 unspecified atom stereocenters. The predicted molar refractivity (Wildman–Crippen MR) is 94.4 cm³/mol. The second kappa shape index (κ2) is 8.24. The minimum absolute atomic E-state index is 0.0684. The topological polar surface area (TPSA) is 81.8 Å². The summed E-state index contributed by atoms with van der Waals surface area (Å²) in [5.41, 5.74) is -4.54. The Kier molecular flexibility index (Phi) is 5.86. The Morgan fingerprint density at radius 2 is 1.65 bits per heavy atom. The van der Waals surface area contributed by atoms with E-state index >= 15 is 0 Å². The molecule has 13 heteroatoms. The summed E-state index contributed by atoms with van der Waals surface area (Å²) >= 11 is 0. The molecule has 0 bridgehead atoms. The summed E-state index contributed by atoms with van der Waals surface area (Å²) in [4.78, 5) is 24.1. The number of aromatic nitrogens is 4. The number of carbonyl (C=O) groups excluding carboxylic acids is 1. The summed E-state index contributed by atoms with van der Waals surface area (Å²) in [5, 5.41) is 10.2. The second-order valence-corrected chi connectivity index (χ2v) is 6.25. The lowest BCUT2D eigenvalue weighted by Crippen LogP contribution is -2.32. The maximum Gasteiger partial charge on any atom is 0.416 e. The first-order valence-electron chi connectivity index (χ1n) is 8.61. The highest BCUT2D eigenvalue weighted by Gasteiger charge is 2.37. The van der Waals surface area contributed by atoms with E-state index in [4.69, 9.17) is 0 Å². The van der Waals surface area contributed by atoms with Gasteiger partial charge in [-0.1, -0.05) is 0 Å². The van der Waals surface area contributed by atoms with Gasteiger partial charge in [-0.15, -0.1) is 5.10 Å². The first kappa shape index (κ1) is 22.1. The molecule has 164 valence electrons. The minimum Gasteiger partial charge on any atom is -0.350 e. The summed E-state index contributed by atoms with van der Waals surface area (Å²) in [6.07, 6.45) is -7.08. The number of nitrogens with one attached hydrogen (secondary N) is 1. The second-order valence-electron chi connectivity index (χ2n) is 6.25. The SMILES string of the molecule is O=C(NCCn1nc(-n2cccn2)ccc1=O)c1cc(C(F)(F)F)cc(C(F)(F)F)c1. The fraction of sp³-hybridized carbons (Fsp3) is 0.222. The van der Waals surface area contributed by atoms with Gasteiger partial charge in [0.25, 0.3) is 11.5 Å². The van der Waals surface area contributed by atoms with Crippen LogP contribution in [0.2, 0.25) is 0 Å². The molecule has 2 heterocycles. The van der Waals surface area contributed by atoms with Crippen molar-refractivity contribution in [3.8, 4) is 5.82 Å². The molecule has 0 spiro atoms. The van der Waals surface area contributed by atoms with Crippen molar-refractivity contribution in [3.63, 3.8) is 0 Å². The number of nitrogens with zero attached hydrogens (tertiary/aromatic N) is 4.